The molecule has 1 amide bonds. The van der Waals surface area contributed by atoms with Gasteiger partial charge < -0.3 is 65.1 Å². The first-order valence-corrected chi connectivity index (χ1v) is 36.2. The minimum Gasteiger partial charge on any atom is -0.394 e. The Hall–Kier alpha value is -2.57. The molecule has 2 saturated heterocycles. The van der Waals surface area contributed by atoms with Crippen LogP contribution >= 0.6 is 0 Å². The Morgan fingerprint density at radius 2 is 0.784 bits per heavy atom. The molecule has 12 unspecified atom stereocenters. The third-order valence-corrected chi connectivity index (χ3v) is 17.4. The largest absolute Gasteiger partial charge is 0.394 e. The fourth-order valence-corrected chi connectivity index (χ4v) is 11.7. The summed E-state index contributed by atoms with van der Waals surface area (Å²) in [5, 5.41) is 87.7. The van der Waals surface area contributed by atoms with Crippen LogP contribution in [0, 0.1) is 0 Å². The highest BCUT2D eigenvalue weighted by Gasteiger charge is 2.51. The topological polar surface area (TPSA) is 228 Å². The highest BCUT2D eigenvalue weighted by molar-refractivity contribution is 5.76. The van der Waals surface area contributed by atoms with Crippen LogP contribution in [0.3, 0.4) is 0 Å². The number of ether oxygens (including phenoxy) is 4. The number of carbonyl (C=O) groups is 1. The summed E-state index contributed by atoms with van der Waals surface area (Å²) in [6, 6.07) is -0.835. The van der Waals surface area contributed by atoms with E-state index in [0.717, 1.165) is 96.3 Å². The number of carbonyl (C=O) groups excluding carboxylic acids is 1. The number of hydrogen-bond donors (Lipinski definition) is 9. The Kier molecular flexibility index (Phi) is 54.0. The third-order valence-electron chi connectivity index (χ3n) is 17.4. The number of unbranched alkanes of at least 4 members (excludes halogenated alkanes) is 34. The predicted octanol–water partition coefficient (Wildman–Crippen LogP) is 15.0. The fraction of sp³-hybridized carbons (Fsp3) is 0.824. The predicted molar refractivity (Wildman–Crippen MR) is 360 cm³/mol. The van der Waals surface area contributed by atoms with Crippen LogP contribution in [0.15, 0.2) is 72.9 Å². The zero-order valence-electron chi connectivity index (χ0n) is 55.7. The lowest BCUT2D eigenvalue weighted by molar-refractivity contribution is -0.359. The molecule has 0 spiro atoms. The van der Waals surface area contributed by atoms with Gasteiger partial charge in [-0.1, -0.05) is 299 Å². The van der Waals surface area contributed by atoms with Crippen molar-refractivity contribution in [3.8, 4) is 0 Å². The quantitative estimate of drug-likeness (QED) is 0.0204. The zero-order chi connectivity index (χ0) is 63.8. The van der Waals surface area contributed by atoms with E-state index in [1.165, 1.54) is 173 Å². The van der Waals surface area contributed by atoms with Crippen molar-refractivity contribution < 1.29 is 64.6 Å². The van der Waals surface area contributed by atoms with E-state index in [1.807, 2.05) is 0 Å². The Labute approximate surface area is 536 Å². The highest BCUT2D eigenvalue weighted by atomic mass is 16.7. The normalized spacial score (nSPS) is 23.6. The zero-order valence-corrected chi connectivity index (χ0v) is 55.7. The van der Waals surface area contributed by atoms with Crippen LogP contribution in [0.25, 0.3) is 0 Å². The number of hydrogen-bond acceptors (Lipinski definition) is 13. The molecule has 0 aromatic rings. The molecule has 0 radical (unpaired) electrons. The molecule has 512 valence electrons. The van der Waals surface area contributed by atoms with Crippen molar-refractivity contribution >= 4 is 5.91 Å². The van der Waals surface area contributed by atoms with E-state index in [1.54, 1.807) is 0 Å². The smallest absolute Gasteiger partial charge is 0.220 e. The number of nitrogens with one attached hydrogen (secondary N) is 1. The molecule has 2 aliphatic rings. The number of aliphatic hydroxyl groups excluding tert-OH is 8. The van der Waals surface area contributed by atoms with E-state index >= 15 is 0 Å². The van der Waals surface area contributed by atoms with Crippen LogP contribution in [0.4, 0.5) is 0 Å². The van der Waals surface area contributed by atoms with Gasteiger partial charge >= 0.3 is 0 Å². The van der Waals surface area contributed by atoms with Crippen molar-refractivity contribution in [1.29, 1.82) is 0 Å². The fourth-order valence-electron chi connectivity index (χ4n) is 11.7. The number of allylic oxidation sites excluding steroid dienone is 12. The minimum absolute atomic E-state index is 0.208. The van der Waals surface area contributed by atoms with Gasteiger partial charge in [-0.2, -0.15) is 0 Å². The number of rotatable bonds is 59. The minimum atomic E-state index is -1.79. The lowest BCUT2D eigenvalue weighted by Gasteiger charge is -2.46. The molecule has 0 bridgehead atoms. The Morgan fingerprint density at radius 1 is 0.420 bits per heavy atom. The molecule has 0 aromatic heterocycles. The average Bonchev–Trinajstić information content (AvgIpc) is 3.10. The molecule has 0 aliphatic carbocycles. The molecule has 14 nitrogen and oxygen atoms in total. The van der Waals surface area contributed by atoms with Crippen molar-refractivity contribution in [3.05, 3.63) is 72.9 Å². The van der Waals surface area contributed by atoms with Crippen LogP contribution in [0.2, 0.25) is 0 Å². The van der Waals surface area contributed by atoms with E-state index < -0.39 is 86.8 Å². The second-order valence-corrected chi connectivity index (χ2v) is 25.3. The standard InChI is InChI=1S/C74H133NO13/c1-3-5-7-9-11-13-15-17-19-21-23-25-27-28-29-30-31-32-33-34-36-38-40-42-44-46-48-50-52-54-56-58-66(79)75-62(61-85-73-71(84)69(82)72(65(60-77)87-73)88-74-70(83)68(81)67(80)64(59-76)86-74)63(78)57-55-53-51-49-47-45-43-41-39-37-35-26-24-22-20-18-16-14-12-10-8-6-4-2/h5,7,11,13,17,19,23,25,28-29,31-32,62-65,67-74,76-78,80-84H,3-4,6,8-10,12,14-16,18,20-22,24,26-27,30,33-61H2,1-2H3,(H,75,79)/b7-5-,13-11-,19-17-,25-23-,29-28-,32-31-. The second kappa shape index (κ2) is 58.3. The van der Waals surface area contributed by atoms with Gasteiger partial charge in [0.15, 0.2) is 12.6 Å². The molecule has 0 aromatic carbocycles. The molecular formula is C74H133NO13. The lowest BCUT2D eigenvalue weighted by atomic mass is 9.97. The van der Waals surface area contributed by atoms with E-state index in [9.17, 15) is 45.6 Å². The highest BCUT2D eigenvalue weighted by Crippen LogP contribution is 2.30. The van der Waals surface area contributed by atoms with Gasteiger partial charge in [0.1, 0.15) is 48.8 Å². The van der Waals surface area contributed by atoms with Crippen LogP contribution in [0.5, 0.6) is 0 Å². The van der Waals surface area contributed by atoms with Crippen molar-refractivity contribution in [3.63, 3.8) is 0 Å². The van der Waals surface area contributed by atoms with E-state index in [-0.39, 0.29) is 12.5 Å². The van der Waals surface area contributed by atoms with Gasteiger partial charge in [-0.05, 0) is 64.2 Å². The molecule has 2 rings (SSSR count). The maximum atomic E-state index is 13.4. The van der Waals surface area contributed by atoms with E-state index in [4.69, 9.17) is 18.9 Å². The van der Waals surface area contributed by atoms with Crippen LogP contribution < -0.4 is 5.32 Å². The molecule has 0 saturated carbocycles. The van der Waals surface area contributed by atoms with Gasteiger partial charge in [0.05, 0.1) is 32.0 Å². The monoisotopic (exact) mass is 1240 g/mol. The maximum Gasteiger partial charge on any atom is 0.220 e. The van der Waals surface area contributed by atoms with Gasteiger partial charge in [0.2, 0.25) is 5.91 Å². The number of aliphatic hydroxyl groups is 8. The summed E-state index contributed by atoms with van der Waals surface area (Å²) < 4.78 is 22.9. The molecule has 14 heteroatoms. The van der Waals surface area contributed by atoms with Crippen molar-refractivity contribution in [2.24, 2.45) is 0 Å². The Bertz CT molecular complexity index is 1750. The van der Waals surface area contributed by atoms with Gasteiger partial charge in [-0.25, -0.2) is 0 Å². The average molecular weight is 1240 g/mol. The lowest BCUT2D eigenvalue weighted by Crippen LogP contribution is -2.65. The molecular weight excluding hydrogens is 1110 g/mol. The summed E-state index contributed by atoms with van der Waals surface area (Å²) in [7, 11) is 0. The third kappa shape index (κ3) is 41.8. The molecule has 2 fully saturated rings. The summed E-state index contributed by atoms with van der Waals surface area (Å²) in [5.74, 6) is -0.208. The summed E-state index contributed by atoms with van der Waals surface area (Å²) in [6.45, 7) is 2.78. The van der Waals surface area contributed by atoms with Crippen LogP contribution in [-0.4, -0.2) is 140 Å². The molecule has 12 atom stereocenters. The summed E-state index contributed by atoms with van der Waals surface area (Å²) in [4.78, 5) is 13.4. The van der Waals surface area contributed by atoms with E-state index in [2.05, 4.69) is 92.1 Å². The first kappa shape index (κ1) is 81.5. The van der Waals surface area contributed by atoms with Crippen molar-refractivity contribution in [2.45, 2.75) is 370 Å². The molecule has 2 heterocycles. The van der Waals surface area contributed by atoms with E-state index in [0.29, 0.717) is 12.8 Å². The van der Waals surface area contributed by atoms with Gasteiger partial charge in [-0.3, -0.25) is 4.79 Å². The SMILES string of the molecule is CC/C=C\C/C=C\C/C=C\C/C=C\C/C=C\C/C=C\CCCCCCCCCCCCCCC(=O)NC(COC1OC(CO)C(OC2OC(CO)C(O)C(O)C2O)C(O)C1O)C(O)CCCCCCCCCCCCCCCCCCCCCCCCC. The van der Waals surface area contributed by atoms with Crippen LogP contribution in [0.1, 0.15) is 296 Å². The Morgan fingerprint density at radius 3 is 1.20 bits per heavy atom. The number of amides is 1. The Balaban J connectivity index is 1.66. The first-order chi connectivity index (χ1) is 43.1. The van der Waals surface area contributed by atoms with Gasteiger partial charge in [0.25, 0.3) is 0 Å². The molecule has 2 aliphatic heterocycles. The summed E-state index contributed by atoms with van der Waals surface area (Å²) in [6.07, 6.45) is 61.9. The molecule has 9 N–H and O–H groups in total. The first-order valence-electron chi connectivity index (χ1n) is 36.2. The van der Waals surface area contributed by atoms with Gasteiger partial charge in [0, 0.05) is 6.42 Å². The van der Waals surface area contributed by atoms with Crippen LogP contribution in [-0.2, 0) is 23.7 Å². The summed E-state index contributed by atoms with van der Waals surface area (Å²) in [5.41, 5.74) is 0. The van der Waals surface area contributed by atoms with Crippen molar-refractivity contribution in [2.75, 3.05) is 19.8 Å². The summed E-state index contributed by atoms with van der Waals surface area (Å²) >= 11 is 0. The second-order valence-electron chi connectivity index (χ2n) is 25.3. The molecule has 88 heavy (non-hydrogen) atoms. The maximum absolute atomic E-state index is 13.4. The van der Waals surface area contributed by atoms with Gasteiger partial charge in [-0.15, -0.1) is 0 Å². The van der Waals surface area contributed by atoms with Crippen molar-refractivity contribution in [1.82, 2.24) is 5.32 Å².